The Balaban J connectivity index is 1.58. The molecule has 6 N–H and O–H groups in total. The summed E-state index contributed by atoms with van der Waals surface area (Å²) in [6.07, 6.45) is 2.60. The average Bonchev–Trinajstić information content (AvgIpc) is 2.65. The molecular weight excluding hydrogens is 386 g/mol. The second-order valence-corrected chi connectivity index (χ2v) is 8.20. The van der Waals surface area contributed by atoms with E-state index in [1.165, 1.54) is 11.2 Å². The van der Waals surface area contributed by atoms with Gasteiger partial charge in [-0.05, 0) is 57.9 Å². The first-order chi connectivity index (χ1) is 14.1. The predicted molar refractivity (Wildman–Crippen MR) is 116 cm³/mol. The van der Waals surface area contributed by atoms with Gasteiger partial charge in [-0.2, -0.15) is 4.98 Å². The van der Waals surface area contributed by atoms with E-state index in [0.29, 0.717) is 23.1 Å². The third-order valence-electron chi connectivity index (χ3n) is 4.57. The van der Waals surface area contributed by atoms with Crippen molar-refractivity contribution >= 4 is 29.2 Å². The molecule has 1 heterocycles. The lowest BCUT2D eigenvalue weighted by Gasteiger charge is -2.36. The van der Waals surface area contributed by atoms with E-state index in [2.05, 4.69) is 20.6 Å². The van der Waals surface area contributed by atoms with Crippen LogP contribution in [0.15, 0.2) is 30.5 Å². The monoisotopic (exact) mass is 415 g/mol. The molecule has 0 aliphatic heterocycles. The number of hydrazine groups is 1. The molecule has 1 aromatic carbocycles. The minimum atomic E-state index is -0.516. The predicted octanol–water partition coefficient (Wildman–Crippen LogP) is 2.55. The molecule has 1 saturated carbocycles. The summed E-state index contributed by atoms with van der Waals surface area (Å²) in [5, 5.41) is 7.51. The molecule has 30 heavy (non-hydrogen) atoms. The van der Waals surface area contributed by atoms with Gasteiger partial charge in [-0.1, -0.05) is 0 Å². The number of carbonyl (C=O) groups is 1. The summed E-state index contributed by atoms with van der Waals surface area (Å²) in [4.78, 5) is 20.5. The minimum absolute atomic E-state index is 0.0518. The van der Waals surface area contributed by atoms with E-state index in [-0.39, 0.29) is 12.1 Å². The first kappa shape index (κ1) is 21.4. The Morgan fingerprint density at radius 1 is 1.20 bits per heavy atom. The first-order valence-electron chi connectivity index (χ1n) is 9.72. The number of nitrogens with two attached hydrogens (primary N) is 2. The Morgan fingerprint density at radius 3 is 2.47 bits per heavy atom. The number of hydrogen-bond donors (Lipinski definition) is 4. The van der Waals surface area contributed by atoms with Crippen LogP contribution in [0.25, 0.3) is 0 Å². The molecular formula is C20H29N7O3. The maximum absolute atomic E-state index is 11.8. The van der Waals surface area contributed by atoms with Crippen LogP contribution in [0.1, 0.15) is 33.6 Å². The normalized spacial score (nSPS) is 18.2. The number of nitrogens with zero attached hydrogens (tertiary/aromatic N) is 3. The lowest BCUT2D eigenvalue weighted by Crippen LogP contribution is -2.50. The molecule has 0 spiro atoms. The van der Waals surface area contributed by atoms with Gasteiger partial charge >= 0.3 is 6.09 Å². The SMILES string of the molecule is COc1ccc(N(N)c2nc(N[C@H]3C[C@H](NC(=O)OC(C)(C)C)C3)ncc2N)cc1. The fourth-order valence-corrected chi connectivity index (χ4v) is 3.02. The second kappa shape index (κ2) is 8.62. The highest BCUT2D eigenvalue weighted by molar-refractivity contribution is 5.71. The largest absolute Gasteiger partial charge is 0.497 e. The van der Waals surface area contributed by atoms with Crippen molar-refractivity contribution in [3.63, 3.8) is 0 Å². The number of amides is 1. The molecule has 162 valence electrons. The van der Waals surface area contributed by atoms with Crippen molar-refractivity contribution in [1.82, 2.24) is 15.3 Å². The topological polar surface area (TPSA) is 141 Å². The van der Waals surface area contributed by atoms with Crippen molar-refractivity contribution < 1.29 is 14.3 Å². The maximum Gasteiger partial charge on any atom is 0.407 e. The standard InChI is InChI=1S/C20H29N7O3/c1-20(2,3)30-19(28)25-13-9-12(10-13)24-18-23-11-16(21)17(26-18)27(22)14-5-7-15(29-4)8-6-14/h5-8,11-13H,9-10,21-22H2,1-4H3,(H,25,28)(H,23,24,26)/t12-,13-. The van der Waals surface area contributed by atoms with Gasteiger partial charge in [0.1, 0.15) is 11.4 Å². The Bertz CT molecular complexity index is 877. The zero-order valence-corrected chi connectivity index (χ0v) is 17.7. The molecule has 0 saturated heterocycles. The summed E-state index contributed by atoms with van der Waals surface area (Å²) in [6, 6.07) is 7.42. The number of aromatic nitrogens is 2. The van der Waals surface area contributed by atoms with Crippen molar-refractivity contribution in [2.24, 2.45) is 5.84 Å². The Kier molecular flexibility index (Phi) is 6.16. The lowest BCUT2D eigenvalue weighted by atomic mass is 9.87. The van der Waals surface area contributed by atoms with Crippen LogP contribution in [-0.4, -0.2) is 40.9 Å². The lowest BCUT2D eigenvalue weighted by molar-refractivity contribution is 0.0475. The fourth-order valence-electron chi connectivity index (χ4n) is 3.02. The highest BCUT2D eigenvalue weighted by Crippen LogP contribution is 2.29. The first-order valence-corrected chi connectivity index (χ1v) is 9.72. The smallest absolute Gasteiger partial charge is 0.407 e. The molecule has 1 aliphatic carbocycles. The molecule has 10 heteroatoms. The molecule has 0 atom stereocenters. The molecule has 1 fully saturated rings. The van der Waals surface area contributed by atoms with E-state index < -0.39 is 11.7 Å². The van der Waals surface area contributed by atoms with Gasteiger partial charge < -0.3 is 25.8 Å². The highest BCUT2D eigenvalue weighted by Gasteiger charge is 2.32. The van der Waals surface area contributed by atoms with Gasteiger partial charge in [-0.15, -0.1) is 0 Å². The van der Waals surface area contributed by atoms with E-state index in [9.17, 15) is 4.79 Å². The molecule has 10 nitrogen and oxygen atoms in total. The van der Waals surface area contributed by atoms with Gasteiger partial charge in [0.15, 0.2) is 5.82 Å². The molecule has 0 bridgehead atoms. The zero-order valence-electron chi connectivity index (χ0n) is 17.7. The summed E-state index contributed by atoms with van der Waals surface area (Å²) in [7, 11) is 1.60. The molecule has 2 aromatic rings. The Morgan fingerprint density at radius 2 is 1.87 bits per heavy atom. The number of anilines is 4. The van der Waals surface area contributed by atoms with Gasteiger partial charge in [-0.3, -0.25) is 5.01 Å². The van der Waals surface area contributed by atoms with Crippen molar-refractivity contribution in [2.45, 2.75) is 51.3 Å². The Hall–Kier alpha value is -3.27. The van der Waals surface area contributed by atoms with Crippen LogP contribution in [0, 0.1) is 0 Å². The third-order valence-corrected chi connectivity index (χ3v) is 4.57. The van der Waals surface area contributed by atoms with Crippen LogP contribution in [-0.2, 0) is 4.74 Å². The van der Waals surface area contributed by atoms with Crippen molar-refractivity contribution in [1.29, 1.82) is 0 Å². The van der Waals surface area contributed by atoms with Crippen LogP contribution >= 0.6 is 0 Å². The summed E-state index contributed by atoms with van der Waals surface area (Å²) < 4.78 is 10.4. The summed E-state index contributed by atoms with van der Waals surface area (Å²) in [6.45, 7) is 5.50. The van der Waals surface area contributed by atoms with Crippen molar-refractivity contribution in [3.05, 3.63) is 30.5 Å². The van der Waals surface area contributed by atoms with Crippen LogP contribution in [0.2, 0.25) is 0 Å². The molecule has 3 rings (SSSR count). The van der Waals surface area contributed by atoms with E-state index in [4.69, 9.17) is 21.1 Å². The number of ether oxygens (including phenoxy) is 2. The van der Waals surface area contributed by atoms with E-state index in [0.717, 1.165) is 18.6 Å². The summed E-state index contributed by atoms with van der Waals surface area (Å²) in [5.74, 6) is 7.75. The number of methoxy groups -OCH3 is 1. The van der Waals surface area contributed by atoms with Gasteiger partial charge in [0.25, 0.3) is 0 Å². The van der Waals surface area contributed by atoms with Gasteiger partial charge in [0.2, 0.25) is 5.95 Å². The summed E-state index contributed by atoms with van der Waals surface area (Å²) in [5.41, 5.74) is 6.58. The molecule has 0 radical (unpaired) electrons. The van der Waals surface area contributed by atoms with Gasteiger partial charge in [0, 0.05) is 12.1 Å². The average molecular weight is 415 g/mol. The number of benzene rings is 1. The van der Waals surface area contributed by atoms with Crippen molar-refractivity contribution in [2.75, 3.05) is 23.2 Å². The molecule has 1 aliphatic rings. The van der Waals surface area contributed by atoms with Crippen LogP contribution in [0.5, 0.6) is 5.75 Å². The van der Waals surface area contributed by atoms with Crippen LogP contribution in [0.3, 0.4) is 0 Å². The minimum Gasteiger partial charge on any atom is -0.497 e. The quantitative estimate of drug-likeness (QED) is 0.414. The van der Waals surface area contributed by atoms with Gasteiger partial charge in [0.05, 0.1) is 24.7 Å². The molecule has 0 unspecified atom stereocenters. The highest BCUT2D eigenvalue weighted by atomic mass is 16.6. The number of hydrogen-bond acceptors (Lipinski definition) is 9. The Labute approximate surface area is 175 Å². The zero-order chi connectivity index (χ0) is 21.9. The van der Waals surface area contributed by atoms with Crippen molar-refractivity contribution in [3.8, 4) is 5.75 Å². The third kappa shape index (κ3) is 5.41. The van der Waals surface area contributed by atoms with E-state index in [1.807, 2.05) is 32.9 Å². The molecule has 1 amide bonds. The number of nitrogens with one attached hydrogen (secondary N) is 2. The van der Waals surface area contributed by atoms with Crippen LogP contribution in [0.4, 0.5) is 27.9 Å². The fraction of sp³-hybridized carbons (Fsp3) is 0.450. The number of alkyl carbamates (subject to hydrolysis) is 1. The molecule has 1 aromatic heterocycles. The second-order valence-electron chi connectivity index (χ2n) is 8.20. The van der Waals surface area contributed by atoms with Gasteiger partial charge in [-0.25, -0.2) is 15.6 Å². The van der Waals surface area contributed by atoms with E-state index in [1.54, 1.807) is 19.2 Å². The summed E-state index contributed by atoms with van der Waals surface area (Å²) >= 11 is 0. The maximum atomic E-state index is 11.8. The number of nitrogen functional groups attached to an aromatic ring is 1. The van der Waals surface area contributed by atoms with Crippen LogP contribution < -0.4 is 32.0 Å². The number of carbonyl (C=O) groups excluding carboxylic acids is 1. The van der Waals surface area contributed by atoms with E-state index >= 15 is 0 Å². The number of rotatable bonds is 6.